The predicted molar refractivity (Wildman–Crippen MR) is 65.8 cm³/mol. The quantitative estimate of drug-likeness (QED) is 0.753. The molecule has 0 saturated heterocycles. The van der Waals surface area contributed by atoms with Crippen LogP contribution in [0.3, 0.4) is 0 Å². The van der Waals surface area contributed by atoms with Crippen molar-refractivity contribution in [1.82, 2.24) is 0 Å². The Bertz CT molecular complexity index is 278. The van der Waals surface area contributed by atoms with E-state index >= 15 is 0 Å². The monoisotopic (exact) mass is 244 g/mol. The van der Waals surface area contributed by atoms with E-state index in [1.54, 1.807) is 6.92 Å². The van der Waals surface area contributed by atoms with Gasteiger partial charge in [0.15, 0.2) is 0 Å². The molecule has 0 spiro atoms. The van der Waals surface area contributed by atoms with Crippen LogP contribution in [0, 0.1) is 23.2 Å². The zero-order chi connectivity index (χ0) is 13.8. The van der Waals surface area contributed by atoms with Gasteiger partial charge < -0.3 is 10.2 Å². The van der Waals surface area contributed by atoms with Crippen molar-refractivity contribution in [1.29, 1.82) is 0 Å². The standard InChI is InChI=1S/C13H24O4/c1-6-9(11(14)15)10(12(16)17)8(2)7-13(3,4)5/h8-10H,6-7H2,1-5H3,(H,14,15)(H,16,17). The van der Waals surface area contributed by atoms with E-state index < -0.39 is 23.8 Å². The van der Waals surface area contributed by atoms with Gasteiger partial charge in [0.05, 0.1) is 11.8 Å². The molecule has 17 heavy (non-hydrogen) atoms. The molecule has 3 unspecified atom stereocenters. The summed E-state index contributed by atoms with van der Waals surface area (Å²) in [6.45, 7) is 9.65. The Balaban J connectivity index is 4.96. The van der Waals surface area contributed by atoms with Crippen molar-refractivity contribution in [3.63, 3.8) is 0 Å². The molecule has 0 fully saturated rings. The number of carboxylic acid groups (broad SMARTS) is 2. The van der Waals surface area contributed by atoms with Crippen LogP contribution >= 0.6 is 0 Å². The summed E-state index contributed by atoms with van der Waals surface area (Å²) in [6.07, 6.45) is 1.05. The first-order chi connectivity index (χ1) is 7.60. The van der Waals surface area contributed by atoms with Crippen LogP contribution in [0.2, 0.25) is 0 Å². The molecule has 0 aromatic rings. The smallest absolute Gasteiger partial charge is 0.307 e. The number of carboxylic acids is 2. The van der Waals surface area contributed by atoms with Gasteiger partial charge in [-0.05, 0) is 24.2 Å². The first-order valence-corrected chi connectivity index (χ1v) is 6.05. The van der Waals surface area contributed by atoms with Gasteiger partial charge in [0.25, 0.3) is 0 Å². The fraction of sp³-hybridized carbons (Fsp3) is 0.846. The van der Waals surface area contributed by atoms with Crippen LogP contribution in [-0.2, 0) is 9.59 Å². The highest BCUT2D eigenvalue weighted by atomic mass is 16.4. The lowest BCUT2D eigenvalue weighted by atomic mass is 9.74. The minimum atomic E-state index is -1.01. The molecule has 4 heteroatoms. The van der Waals surface area contributed by atoms with Gasteiger partial charge >= 0.3 is 11.9 Å². The summed E-state index contributed by atoms with van der Waals surface area (Å²) in [4.78, 5) is 22.4. The third kappa shape index (κ3) is 5.20. The summed E-state index contributed by atoms with van der Waals surface area (Å²) in [5, 5.41) is 18.3. The number of hydrogen-bond acceptors (Lipinski definition) is 2. The molecule has 0 aliphatic heterocycles. The Labute approximate surface area is 103 Å². The zero-order valence-corrected chi connectivity index (χ0v) is 11.4. The fourth-order valence-corrected chi connectivity index (χ4v) is 2.49. The number of carbonyl (C=O) groups is 2. The molecule has 0 radical (unpaired) electrons. The average Bonchev–Trinajstić information content (AvgIpc) is 2.08. The van der Waals surface area contributed by atoms with Crippen LogP contribution in [0.25, 0.3) is 0 Å². The number of hydrogen-bond donors (Lipinski definition) is 2. The maximum Gasteiger partial charge on any atom is 0.307 e. The summed E-state index contributed by atoms with van der Waals surface area (Å²) in [7, 11) is 0. The van der Waals surface area contributed by atoms with E-state index in [0.717, 1.165) is 0 Å². The van der Waals surface area contributed by atoms with Crippen LogP contribution < -0.4 is 0 Å². The molecular weight excluding hydrogens is 220 g/mol. The van der Waals surface area contributed by atoms with Gasteiger partial charge in [-0.25, -0.2) is 0 Å². The van der Waals surface area contributed by atoms with Gasteiger partial charge in [0.2, 0.25) is 0 Å². The lowest BCUT2D eigenvalue weighted by Crippen LogP contribution is -2.35. The maximum absolute atomic E-state index is 11.3. The van der Waals surface area contributed by atoms with E-state index in [4.69, 9.17) is 5.11 Å². The first kappa shape index (κ1) is 15.9. The Morgan fingerprint density at radius 3 is 1.82 bits per heavy atom. The first-order valence-electron chi connectivity index (χ1n) is 6.05. The molecule has 0 aliphatic carbocycles. The molecule has 2 N–H and O–H groups in total. The van der Waals surface area contributed by atoms with Gasteiger partial charge in [-0.15, -0.1) is 0 Å². The molecule has 0 aromatic carbocycles. The van der Waals surface area contributed by atoms with Gasteiger partial charge in [0.1, 0.15) is 0 Å². The summed E-state index contributed by atoms with van der Waals surface area (Å²) < 4.78 is 0. The molecule has 0 heterocycles. The highest BCUT2D eigenvalue weighted by Gasteiger charge is 2.37. The third-order valence-electron chi connectivity index (χ3n) is 3.02. The van der Waals surface area contributed by atoms with Crippen molar-refractivity contribution >= 4 is 11.9 Å². The normalized spacial score (nSPS) is 17.2. The van der Waals surface area contributed by atoms with E-state index in [-0.39, 0.29) is 11.3 Å². The Kier molecular flexibility index (Phi) is 5.66. The minimum absolute atomic E-state index is 0.00388. The van der Waals surface area contributed by atoms with E-state index in [1.165, 1.54) is 0 Å². The van der Waals surface area contributed by atoms with Crippen molar-refractivity contribution in [2.24, 2.45) is 23.2 Å². The summed E-state index contributed by atoms with van der Waals surface area (Å²) in [5.74, 6) is -3.77. The fourth-order valence-electron chi connectivity index (χ4n) is 2.49. The molecular formula is C13H24O4. The minimum Gasteiger partial charge on any atom is -0.481 e. The van der Waals surface area contributed by atoms with Crippen LogP contribution in [0.5, 0.6) is 0 Å². The van der Waals surface area contributed by atoms with Crippen LogP contribution in [0.1, 0.15) is 47.5 Å². The second-order valence-corrected chi connectivity index (χ2v) is 5.96. The molecule has 100 valence electrons. The second kappa shape index (κ2) is 6.03. The number of aliphatic carboxylic acids is 2. The van der Waals surface area contributed by atoms with Gasteiger partial charge in [-0.3, -0.25) is 9.59 Å². The SMILES string of the molecule is CCC(C(=O)O)C(C(=O)O)C(C)CC(C)(C)C. The lowest BCUT2D eigenvalue weighted by molar-refractivity contribution is -0.156. The van der Waals surface area contributed by atoms with Crippen molar-refractivity contribution in [3.05, 3.63) is 0 Å². The van der Waals surface area contributed by atoms with Gasteiger partial charge in [-0.1, -0.05) is 34.6 Å². The highest BCUT2D eigenvalue weighted by Crippen LogP contribution is 2.33. The van der Waals surface area contributed by atoms with E-state index in [0.29, 0.717) is 12.8 Å². The average molecular weight is 244 g/mol. The summed E-state index contributed by atoms with van der Waals surface area (Å²) in [5.41, 5.74) is 0.00388. The Hall–Kier alpha value is -1.06. The molecule has 0 amide bonds. The molecule has 0 saturated carbocycles. The van der Waals surface area contributed by atoms with Gasteiger partial charge in [0, 0.05) is 0 Å². The Morgan fingerprint density at radius 2 is 1.59 bits per heavy atom. The van der Waals surface area contributed by atoms with Crippen molar-refractivity contribution < 1.29 is 19.8 Å². The molecule has 0 bridgehead atoms. The topological polar surface area (TPSA) is 74.6 Å². The molecule has 3 atom stereocenters. The highest BCUT2D eigenvalue weighted by molar-refractivity contribution is 5.80. The summed E-state index contributed by atoms with van der Waals surface area (Å²) in [6, 6.07) is 0. The zero-order valence-electron chi connectivity index (χ0n) is 11.4. The lowest BCUT2D eigenvalue weighted by Gasteiger charge is -2.30. The van der Waals surface area contributed by atoms with E-state index in [1.807, 2.05) is 27.7 Å². The maximum atomic E-state index is 11.3. The van der Waals surface area contributed by atoms with E-state index in [2.05, 4.69) is 0 Å². The Morgan fingerprint density at radius 1 is 1.12 bits per heavy atom. The molecule has 0 rings (SSSR count). The van der Waals surface area contributed by atoms with Crippen molar-refractivity contribution in [3.8, 4) is 0 Å². The van der Waals surface area contributed by atoms with Crippen LogP contribution in [0.15, 0.2) is 0 Å². The van der Waals surface area contributed by atoms with Crippen molar-refractivity contribution in [2.45, 2.75) is 47.5 Å². The van der Waals surface area contributed by atoms with Crippen LogP contribution in [-0.4, -0.2) is 22.2 Å². The van der Waals surface area contributed by atoms with Gasteiger partial charge in [-0.2, -0.15) is 0 Å². The molecule has 4 nitrogen and oxygen atoms in total. The molecule has 0 aliphatic rings. The predicted octanol–water partition coefficient (Wildman–Crippen LogP) is 2.87. The third-order valence-corrected chi connectivity index (χ3v) is 3.02. The largest absolute Gasteiger partial charge is 0.481 e. The second-order valence-electron chi connectivity index (χ2n) is 5.96. The molecule has 0 aromatic heterocycles. The van der Waals surface area contributed by atoms with E-state index in [9.17, 15) is 14.7 Å². The van der Waals surface area contributed by atoms with Crippen LogP contribution in [0.4, 0.5) is 0 Å². The van der Waals surface area contributed by atoms with Crippen molar-refractivity contribution in [2.75, 3.05) is 0 Å². The number of rotatable bonds is 6. The summed E-state index contributed by atoms with van der Waals surface area (Å²) >= 11 is 0.